The van der Waals surface area contributed by atoms with Crippen LogP contribution in [0.2, 0.25) is 0 Å². The van der Waals surface area contributed by atoms with Gasteiger partial charge in [0.05, 0.1) is 7.11 Å². The van der Waals surface area contributed by atoms with Crippen molar-refractivity contribution < 1.29 is 30.0 Å². The molecule has 2 nitrogen and oxygen atoms in total. The molecule has 0 aromatic carbocycles. The summed E-state index contributed by atoms with van der Waals surface area (Å²) in [5.74, 6) is 0.313. The third-order valence-corrected chi connectivity index (χ3v) is 2.22. The normalized spacial score (nSPS) is 17.8. The molecule has 1 aliphatic rings. The topological polar surface area (TPSA) is 26.3 Å². The van der Waals surface area contributed by atoms with Crippen molar-refractivity contribution in [1.82, 2.24) is 0 Å². The Balaban J connectivity index is 0.00000121. The van der Waals surface area contributed by atoms with Gasteiger partial charge in [-0.15, -0.1) is 5.92 Å². The maximum atomic E-state index is 10.8. The van der Waals surface area contributed by atoms with Gasteiger partial charge < -0.3 is 4.74 Å². The van der Waals surface area contributed by atoms with E-state index in [-0.39, 0.29) is 26.4 Å². The molecule has 0 atom stereocenters. The number of hydrogen-bond acceptors (Lipinski definition) is 2. The van der Waals surface area contributed by atoms with Gasteiger partial charge >= 0.3 is 0 Å². The van der Waals surface area contributed by atoms with Crippen molar-refractivity contribution in [2.75, 3.05) is 7.11 Å². The molecule has 0 bridgehead atoms. The molecule has 0 aromatic heterocycles. The van der Waals surface area contributed by atoms with Gasteiger partial charge in [0.25, 0.3) is 0 Å². The molecule has 0 N–H and O–H groups in total. The third-order valence-electron chi connectivity index (χ3n) is 2.22. The van der Waals surface area contributed by atoms with Crippen LogP contribution in [0.3, 0.4) is 0 Å². The Morgan fingerprint density at radius 2 is 1.92 bits per heavy atom. The van der Waals surface area contributed by atoms with Crippen LogP contribution in [0.1, 0.15) is 32.1 Å². The Kier molecular flexibility index (Phi) is 6.51. The second-order valence-electron chi connectivity index (χ2n) is 3.09. The summed E-state index contributed by atoms with van der Waals surface area (Å²) >= 11 is 0. The van der Waals surface area contributed by atoms with Crippen LogP contribution in [-0.2, 0) is 30.0 Å². The van der Waals surface area contributed by atoms with Crippen LogP contribution >= 0.6 is 0 Å². The second-order valence-corrected chi connectivity index (χ2v) is 3.09. The van der Waals surface area contributed by atoms with E-state index in [1.807, 2.05) is 0 Å². The maximum Gasteiger partial charge on any atom is 0.166 e. The van der Waals surface area contributed by atoms with Crippen molar-refractivity contribution >= 4 is 5.97 Å². The summed E-state index contributed by atoms with van der Waals surface area (Å²) in [6.45, 7) is 0. The van der Waals surface area contributed by atoms with E-state index in [0.717, 1.165) is 12.8 Å². The SMILES string of the molecule is COC(=O)[CH-]C1CCCCC1.[Re]. The third kappa shape index (κ3) is 4.13. The molecule has 0 aliphatic heterocycles. The van der Waals surface area contributed by atoms with Crippen LogP contribution in [0.25, 0.3) is 0 Å². The monoisotopic (exact) mass is 342 g/mol. The first kappa shape index (κ1) is 12.0. The number of hydrogen-bond donors (Lipinski definition) is 0. The molecule has 71 valence electrons. The molecule has 1 fully saturated rings. The van der Waals surface area contributed by atoms with E-state index in [0.29, 0.717) is 5.92 Å². The summed E-state index contributed by atoms with van der Waals surface area (Å²) in [7, 11) is 1.43. The van der Waals surface area contributed by atoms with Crippen LogP contribution < -0.4 is 0 Å². The van der Waals surface area contributed by atoms with Crippen molar-refractivity contribution in [1.29, 1.82) is 0 Å². The smallest absolute Gasteiger partial charge is 0.166 e. The fraction of sp³-hybridized carbons (Fsp3) is 0.778. The molecule has 1 aliphatic carbocycles. The van der Waals surface area contributed by atoms with E-state index >= 15 is 0 Å². The van der Waals surface area contributed by atoms with E-state index in [4.69, 9.17) is 0 Å². The van der Waals surface area contributed by atoms with Crippen LogP contribution in [0.4, 0.5) is 0 Å². The Morgan fingerprint density at radius 1 is 1.33 bits per heavy atom. The molecule has 0 aromatic rings. The fourth-order valence-corrected chi connectivity index (χ4v) is 1.56. The van der Waals surface area contributed by atoms with Crippen LogP contribution in [-0.4, -0.2) is 13.1 Å². The summed E-state index contributed by atoms with van der Waals surface area (Å²) in [5, 5.41) is 0. The number of esters is 1. The van der Waals surface area contributed by atoms with Crippen LogP contribution in [0.5, 0.6) is 0 Å². The Hall–Kier alpha value is 0.00234. The van der Waals surface area contributed by atoms with Crippen molar-refractivity contribution in [2.45, 2.75) is 32.1 Å². The predicted molar refractivity (Wildman–Crippen MR) is 42.9 cm³/mol. The molecule has 3 heteroatoms. The number of rotatable bonds is 2. The van der Waals surface area contributed by atoms with E-state index < -0.39 is 0 Å². The largest absolute Gasteiger partial charge is 0.491 e. The van der Waals surface area contributed by atoms with E-state index in [1.165, 1.54) is 26.4 Å². The first-order chi connectivity index (χ1) is 5.33. The van der Waals surface area contributed by atoms with Crippen LogP contribution in [0.15, 0.2) is 0 Å². The summed E-state index contributed by atoms with van der Waals surface area (Å²) in [5.41, 5.74) is 0. The van der Waals surface area contributed by atoms with Crippen molar-refractivity contribution in [2.24, 2.45) is 5.92 Å². The zero-order valence-electron chi connectivity index (χ0n) is 7.38. The Morgan fingerprint density at radius 3 is 2.42 bits per heavy atom. The average molecular weight is 341 g/mol. The molecule has 0 amide bonds. The van der Waals surface area contributed by atoms with Gasteiger partial charge in [-0.2, -0.15) is 0 Å². The molecule has 12 heavy (non-hydrogen) atoms. The first-order valence-electron chi connectivity index (χ1n) is 4.26. The Labute approximate surface area is 87.7 Å². The first-order valence-corrected chi connectivity index (χ1v) is 4.26. The zero-order valence-corrected chi connectivity index (χ0v) is 10.1. The van der Waals surface area contributed by atoms with Gasteiger partial charge in [0.1, 0.15) is 0 Å². The molecule has 0 saturated heterocycles. The Bertz CT molecular complexity index is 130. The van der Waals surface area contributed by atoms with Gasteiger partial charge in [-0.25, -0.2) is 0 Å². The molecule has 0 heterocycles. The van der Waals surface area contributed by atoms with Crippen molar-refractivity contribution in [3.8, 4) is 0 Å². The molecule has 0 unspecified atom stereocenters. The van der Waals surface area contributed by atoms with Crippen molar-refractivity contribution in [3.63, 3.8) is 0 Å². The summed E-state index contributed by atoms with van der Waals surface area (Å²) in [4.78, 5) is 10.8. The minimum absolute atomic E-state index is 0. The zero-order chi connectivity index (χ0) is 8.10. The van der Waals surface area contributed by atoms with Crippen molar-refractivity contribution in [3.05, 3.63) is 6.42 Å². The molecule has 0 spiro atoms. The average Bonchev–Trinajstić information content (AvgIpc) is 2.06. The number of carbonyl (C=O) groups excluding carboxylic acids is 1. The van der Waals surface area contributed by atoms with Gasteiger partial charge in [-0.1, -0.05) is 32.1 Å². The summed E-state index contributed by atoms with van der Waals surface area (Å²) in [6.07, 6.45) is 7.89. The quantitative estimate of drug-likeness (QED) is 0.567. The molecule has 1 saturated carbocycles. The maximum absolute atomic E-state index is 10.8. The number of methoxy groups -OCH3 is 1. The standard InChI is InChI=1S/C9H15O2.Re/c1-11-9(10)7-8-5-3-2-4-6-8;/h7-8H,2-6H2,1H3;/q-1;. The van der Waals surface area contributed by atoms with Gasteiger partial charge in [0, 0.05) is 20.4 Å². The predicted octanol–water partition coefficient (Wildman–Crippen LogP) is 1.94. The van der Waals surface area contributed by atoms with Gasteiger partial charge in [-0.3, -0.25) is 11.2 Å². The van der Waals surface area contributed by atoms with Gasteiger partial charge in [-0.05, 0) is 0 Å². The van der Waals surface area contributed by atoms with E-state index in [1.54, 1.807) is 6.42 Å². The van der Waals surface area contributed by atoms with E-state index in [9.17, 15) is 4.79 Å². The van der Waals surface area contributed by atoms with Gasteiger partial charge in [0.15, 0.2) is 5.97 Å². The number of carbonyl (C=O) groups is 1. The molecular formula is C9H15O2Re-. The second kappa shape index (κ2) is 6.51. The van der Waals surface area contributed by atoms with Crippen LogP contribution in [0, 0.1) is 12.3 Å². The van der Waals surface area contributed by atoms with E-state index in [2.05, 4.69) is 4.74 Å². The number of ether oxygens (including phenoxy) is 1. The summed E-state index contributed by atoms with van der Waals surface area (Å²) in [6, 6.07) is 0. The molecular weight excluding hydrogens is 326 g/mol. The molecule has 1 radical (unpaired) electrons. The fourth-order valence-electron chi connectivity index (χ4n) is 1.56. The van der Waals surface area contributed by atoms with Gasteiger partial charge in [0.2, 0.25) is 0 Å². The summed E-state index contributed by atoms with van der Waals surface area (Å²) < 4.78 is 4.56. The minimum atomic E-state index is -0.170. The minimum Gasteiger partial charge on any atom is -0.491 e. The molecule has 1 rings (SSSR count).